The van der Waals surface area contributed by atoms with Crippen LogP contribution in [0.2, 0.25) is 0 Å². The highest BCUT2D eigenvalue weighted by Crippen LogP contribution is 2.13. The minimum absolute atomic E-state index is 0.511. The first-order valence-corrected chi connectivity index (χ1v) is 4.15. The molecule has 0 spiro atoms. The van der Waals surface area contributed by atoms with Crippen LogP contribution in [0.4, 0.5) is 5.69 Å². The first-order chi connectivity index (χ1) is 6.31. The number of rotatable bonds is 2. The Morgan fingerprint density at radius 1 is 1.54 bits per heavy atom. The second kappa shape index (κ2) is 3.06. The predicted octanol–water partition coefficient (Wildman–Crippen LogP) is 0.687. The summed E-state index contributed by atoms with van der Waals surface area (Å²) in [5.41, 5.74) is 7.55. The summed E-state index contributed by atoms with van der Waals surface area (Å²) in [6.07, 6.45) is 5.67. The van der Waals surface area contributed by atoms with Gasteiger partial charge in [0.05, 0.1) is 6.67 Å². The quantitative estimate of drug-likeness (QED) is 0.685. The van der Waals surface area contributed by atoms with Gasteiger partial charge >= 0.3 is 0 Å². The van der Waals surface area contributed by atoms with Crippen molar-refractivity contribution < 1.29 is 0 Å². The highest BCUT2D eigenvalue weighted by atomic mass is 15.2. The molecule has 0 bridgehead atoms. The van der Waals surface area contributed by atoms with Crippen molar-refractivity contribution in [2.24, 2.45) is 5.73 Å². The van der Waals surface area contributed by atoms with E-state index in [2.05, 4.69) is 4.98 Å². The van der Waals surface area contributed by atoms with E-state index in [4.69, 9.17) is 5.73 Å². The van der Waals surface area contributed by atoms with Gasteiger partial charge in [-0.1, -0.05) is 0 Å². The lowest BCUT2D eigenvalue weighted by Crippen LogP contribution is -2.24. The van der Waals surface area contributed by atoms with Crippen molar-refractivity contribution in [2.75, 3.05) is 18.6 Å². The Morgan fingerprint density at radius 2 is 2.38 bits per heavy atom. The van der Waals surface area contributed by atoms with Crippen LogP contribution in [0.5, 0.6) is 0 Å². The SMILES string of the molecule is CN(CN)c1ccn2ccnc2c1. The predicted molar refractivity (Wildman–Crippen MR) is 52.6 cm³/mol. The van der Waals surface area contributed by atoms with Gasteiger partial charge in [0, 0.05) is 37.4 Å². The maximum atomic E-state index is 5.52. The monoisotopic (exact) mass is 176 g/mol. The van der Waals surface area contributed by atoms with E-state index >= 15 is 0 Å². The zero-order chi connectivity index (χ0) is 9.26. The first kappa shape index (κ1) is 8.07. The number of nitrogens with two attached hydrogens (primary N) is 1. The average Bonchev–Trinajstić information content (AvgIpc) is 2.63. The van der Waals surface area contributed by atoms with E-state index in [1.54, 1.807) is 6.20 Å². The van der Waals surface area contributed by atoms with Gasteiger partial charge in [-0.25, -0.2) is 4.98 Å². The van der Waals surface area contributed by atoms with E-state index in [9.17, 15) is 0 Å². The minimum Gasteiger partial charge on any atom is -0.362 e. The Kier molecular flexibility index (Phi) is 1.90. The van der Waals surface area contributed by atoms with Crippen LogP contribution < -0.4 is 10.6 Å². The number of aromatic nitrogens is 2. The van der Waals surface area contributed by atoms with Gasteiger partial charge in [-0.15, -0.1) is 0 Å². The number of anilines is 1. The van der Waals surface area contributed by atoms with Crippen LogP contribution in [0.25, 0.3) is 5.65 Å². The number of imidazole rings is 1. The molecule has 0 aliphatic heterocycles. The van der Waals surface area contributed by atoms with Crippen molar-refractivity contribution in [1.29, 1.82) is 0 Å². The zero-order valence-electron chi connectivity index (χ0n) is 7.51. The number of fused-ring (bicyclic) bond motifs is 1. The van der Waals surface area contributed by atoms with Crippen molar-refractivity contribution in [3.8, 4) is 0 Å². The van der Waals surface area contributed by atoms with E-state index in [-0.39, 0.29) is 0 Å². The molecule has 0 atom stereocenters. The van der Waals surface area contributed by atoms with Crippen molar-refractivity contribution in [1.82, 2.24) is 9.38 Å². The van der Waals surface area contributed by atoms with Crippen LogP contribution in [0, 0.1) is 0 Å². The van der Waals surface area contributed by atoms with Crippen LogP contribution in [-0.4, -0.2) is 23.1 Å². The maximum absolute atomic E-state index is 5.52. The van der Waals surface area contributed by atoms with Gasteiger partial charge < -0.3 is 15.0 Å². The molecule has 2 N–H and O–H groups in total. The summed E-state index contributed by atoms with van der Waals surface area (Å²) in [7, 11) is 1.95. The molecule has 4 heteroatoms. The fourth-order valence-electron chi connectivity index (χ4n) is 1.24. The van der Waals surface area contributed by atoms with E-state index in [0.717, 1.165) is 11.3 Å². The Morgan fingerprint density at radius 3 is 3.15 bits per heavy atom. The standard InChI is InChI=1S/C9H12N4/c1-12(7-10)8-2-4-13-5-3-11-9(13)6-8/h2-6H,7,10H2,1H3. The molecule has 0 unspecified atom stereocenters. The van der Waals surface area contributed by atoms with Gasteiger partial charge in [0.2, 0.25) is 0 Å². The highest BCUT2D eigenvalue weighted by molar-refractivity contribution is 5.55. The van der Waals surface area contributed by atoms with Crippen LogP contribution >= 0.6 is 0 Å². The molecule has 0 aliphatic carbocycles. The summed E-state index contributed by atoms with van der Waals surface area (Å²) in [5.74, 6) is 0. The summed E-state index contributed by atoms with van der Waals surface area (Å²) >= 11 is 0. The van der Waals surface area contributed by atoms with Crippen molar-refractivity contribution in [3.63, 3.8) is 0 Å². The van der Waals surface area contributed by atoms with Crippen LogP contribution in [0.3, 0.4) is 0 Å². The molecular formula is C9H12N4. The summed E-state index contributed by atoms with van der Waals surface area (Å²) in [5, 5.41) is 0. The largest absolute Gasteiger partial charge is 0.362 e. The summed E-state index contributed by atoms with van der Waals surface area (Å²) < 4.78 is 1.97. The summed E-state index contributed by atoms with van der Waals surface area (Å²) in [6.45, 7) is 0.511. The summed E-state index contributed by atoms with van der Waals surface area (Å²) in [4.78, 5) is 6.16. The van der Waals surface area contributed by atoms with Gasteiger partial charge in [0.15, 0.2) is 0 Å². The molecule has 2 rings (SSSR count). The van der Waals surface area contributed by atoms with Gasteiger partial charge in [-0.3, -0.25) is 0 Å². The molecule has 0 fully saturated rings. The molecule has 2 aromatic heterocycles. The van der Waals surface area contributed by atoms with E-state index < -0.39 is 0 Å². The molecule has 0 radical (unpaired) electrons. The second-order valence-corrected chi connectivity index (χ2v) is 2.96. The molecule has 68 valence electrons. The maximum Gasteiger partial charge on any atom is 0.138 e. The lowest BCUT2D eigenvalue weighted by atomic mass is 10.4. The van der Waals surface area contributed by atoms with Crippen LogP contribution in [0.15, 0.2) is 30.7 Å². The molecule has 0 amide bonds. The van der Waals surface area contributed by atoms with E-state index in [1.807, 2.05) is 40.9 Å². The van der Waals surface area contributed by atoms with E-state index in [1.165, 1.54) is 0 Å². The molecule has 0 aromatic carbocycles. The summed E-state index contributed by atoms with van der Waals surface area (Å²) in [6, 6.07) is 4.02. The number of nitrogens with zero attached hydrogens (tertiary/aromatic N) is 3. The Hall–Kier alpha value is -1.55. The molecule has 13 heavy (non-hydrogen) atoms. The van der Waals surface area contributed by atoms with Crippen molar-refractivity contribution >= 4 is 11.3 Å². The van der Waals surface area contributed by atoms with Crippen molar-refractivity contribution in [2.45, 2.75) is 0 Å². The topological polar surface area (TPSA) is 46.6 Å². The highest BCUT2D eigenvalue weighted by Gasteiger charge is 1.99. The molecule has 4 nitrogen and oxygen atoms in total. The second-order valence-electron chi connectivity index (χ2n) is 2.96. The fraction of sp³-hybridized carbons (Fsp3) is 0.222. The Labute approximate surface area is 76.6 Å². The molecule has 0 saturated heterocycles. The molecule has 2 heterocycles. The third-order valence-electron chi connectivity index (χ3n) is 2.10. The molecule has 0 saturated carbocycles. The lowest BCUT2D eigenvalue weighted by Gasteiger charge is -2.15. The lowest BCUT2D eigenvalue weighted by molar-refractivity contribution is 0.930. The molecular weight excluding hydrogens is 164 g/mol. The van der Waals surface area contributed by atoms with Gasteiger partial charge in [-0.2, -0.15) is 0 Å². The van der Waals surface area contributed by atoms with E-state index in [0.29, 0.717) is 6.67 Å². The third kappa shape index (κ3) is 1.36. The fourth-order valence-corrected chi connectivity index (χ4v) is 1.24. The Balaban J connectivity index is 2.48. The molecule has 0 aliphatic rings. The smallest absolute Gasteiger partial charge is 0.138 e. The number of hydrogen-bond donors (Lipinski definition) is 1. The van der Waals surface area contributed by atoms with Crippen LogP contribution in [0.1, 0.15) is 0 Å². The number of hydrogen-bond acceptors (Lipinski definition) is 3. The van der Waals surface area contributed by atoms with Crippen molar-refractivity contribution in [3.05, 3.63) is 30.7 Å². The molecule has 2 aromatic rings. The minimum atomic E-state index is 0.511. The Bertz CT molecular complexity index is 407. The first-order valence-electron chi connectivity index (χ1n) is 4.15. The normalized spacial score (nSPS) is 10.6. The zero-order valence-corrected chi connectivity index (χ0v) is 7.51. The van der Waals surface area contributed by atoms with Gasteiger partial charge in [0.1, 0.15) is 5.65 Å². The third-order valence-corrected chi connectivity index (χ3v) is 2.10. The van der Waals surface area contributed by atoms with Gasteiger partial charge in [0.25, 0.3) is 0 Å². The van der Waals surface area contributed by atoms with Gasteiger partial charge in [-0.05, 0) is 6.07 Å². The van der Waals surface area contributed by atoms with Crippen LogP contribution in [-0.2, 0) is 0 Å². The average molecular weight is 176 g/mol. The number of pyridine rings is 1.